The molecule has 0 spiro atoms. The van der Waals surface area contributed by atoms with Gasteiger partial charge in [-0.1, -0.05) is 13.8 Å². The predicted molar refractivity (Wildman–Crippen MR) is 69.3 cm³/mol. The van der Waals surface area contributed by atoms with Gasteiger partial charge in [-0.15, -0.1) is 0 Å². The molecule has 0 saturated heterocycles. The highest BCUT2D eigenvalue weighted by Crippen LogP contribution is 2.35. The maximum Gasteiger partial charge on any atom is 0.238 e. The molecule has 0 fully saturated rings. The van der Waals surface area contributed by atoms with Gasteiger partial charge in [-0.25, -0.2) is 0 Å². The molecule has 1 aliphatic rings. The number of carbonyl (C=O) groups is 1. The van der Waals surface area contributed by atoms with Crippen molar-refractivity contribution in [2.75, 3.05) is 13.4 Å². The fraction of sp³-hybridized carbons (Fsp3) is 0.462. The highest BCUT2D eigenvalue weighted by Gasteiger charge is 2.18. The van der Waals surface area contributed by atoms with Gasteiger partial charge in [0.1, 0.15) is 18.4 Å². The zero-order valence-corrected chi connectivity index (χ0v) is 11.0. The number of fused-ring (bicyclic) bond motifs is 1. The van der Waals surface area contributed by atoms with E-state index in [2.05, 4.69) is 5.32 Å². The minimum absolute atomic E-state index is 0.151. The molecule has 1 aromatic carbocycles. The van der Waals surface area contributed by atoms with Gasteiger partial charge >= 0.3 is 0 Å². The summed E-state index contributed by atoms with van der Waals surface area (Å²) < 4.78 is 16.0. The van der Waals surface area contributed by atoms with Crippen LogP contribution in [-0.2, 0) is 4.79 Å². The fourth-order valence-electron chi connectivity index (χ4n) is 1.76. The Morgan fingerprint density at radius 1 is 1.42 bits per heavy atom. The number of nitrogens with two attached hydrogens (primary N) is 1. The van der Waals surface area contributed by atoms with Crippen LogP contribution in [0.2, 0.25) is 0 Å². The average Bonchev–Trinajstić information content (AvgIpc) is 2.80. The quantitative estimate of drug-likeness (QED) is 0.789. The number of nitrogens with one attached hydrogen (secondary N) is 1. The van der Waals surface area contributed by atoms with Gasteiger partial charge in [0, 0.05) is 12.1 Å². The zero-order chi connectivity index (χ0) is 13.8. The van der Waals surface area contributed by atoms with Crippen LogP contribution in [-0.4, -0.2) is 31.4 Å². The summed E-state index contributed by atoms with van der Waals surface area (Å²) in [6.07, 6.45) is 0. The Morgan fingerprint density at radius 3 is 2.84 bits per heavy atom. The number of benzene rings is 1. The van der Waals surface area contributed by atoms with Crippen molar-refractivity contribution < 1.29 is 19.0 Å². The monoisotopic (exact) mass is 266 g/mol. The Labute approximate surface area is 111 Å². The third kappa shape index (κ3) is 3.51. The topological polar surface area (TPSA) is 82.8 Å². The van der Waals surface area contributed by atoms with E-state index < -0.39 is 11.9 Å². The van der Waals surface area contributed by atoms with Crippen molar-refractivity contribution in [2.45, 2.75) is 25.9 Å². The molecule has 1 aliphatic heterocycles. The van der Waals surface area contributed by atoms with E-state index in [1.165, 1.54) is 0 Å². The molecule has 0 saturated carbocycles. The fourth-order valence-corrected chi connectivity index (χ4v) is 1.76. The van der Waals surface area contributed by atoms with Gasteiger partial charge in [-0.05, 0) is 12.1 Å². The van der Waals surface area contributed by atoms with Crippen molar-refractivity contribution in [1.82, 2.24) is 5.32 Å². The standard InChI is InChI=1S/C13H18N2O4/c1-8(2)15-10(13(14)16)6-17-9-3-4-11-12(5-9)19-7-18-11/h3-5,8,10,15H,6-7H2,1-2H3,(H2,14,16). The number of primary amides is 1. The molecule has 1 heterocycles. The SMILES string of the molecule is CC(C)NC(COc1ccc2c(c1)OCO2)C(N)=O. The van der Waals surface area contributed by atoms with Crippen molar-refractivity contribution in [3.05, 3.63) is 18.2 Å². The van der Waals surface area contributed by atoms with Crippen LogP contribution in [0.4, 0.5) is 0 Å². The van der Waals surface area contributed by atoms with E-state index in [-0.39, 0.29) is 19.4 Å². The Bertz CT molecular complexity index is 462. The molecule has 1 unspecified atom stereocenters. The van der Waals surface area contributed by atoms with Gasteiger partial charge in [-0.3, -0.25) is 4.79 Å². The summed E-state index contributed by atoms with van der Waals surface area (Å²) in [6, 6.07) is 4.90. The summed E-state index contributed by atoms with van der Waals surface area (Å²) in [7, 11) is 0. The molecule has 1 aromatic rings. The molecular weight excluding hydrogens is 248 g/mol. The van der Waals surface area contributed by atoms with Crippen LogP contribution < -0.4 is 25.3 Å². The maximum atomic E-state index is 11.3. The second-order valence-electron chi connectivity index (χ2n) is 4.60. The van der Waals surface area contributed by atoms with Crippen molar-refractivity contribution in [3.63, 3.8) is 0 Å². The molecule has 19 heavy (non-hydrogen) atoms. The highest BCUT2D eigenvalue weighted by molar-refractivity contribution is 5.80. The van der Waals surface area contributed by atoms with E-state index in [1.807, 2.05) is 13.8 Å². The molecule has 0 bridgehead atoms. The van der Waals surface area contributed by atoms with Crippen LogP contribution in [0.3, 0.4) is 0 Å². The summed E-state index contributed by atoms with van der Waals surface area (Å²) in [5.41, 5.74) is 5.31. The van der Waals surface area contributed by atoms with Crippen molar-refractivity contribution in [1.29, 1.82) is 0 Å². The molecule has 6 heteroatoms. The Balaban J connectivity index is 1.95. The first-order valence-electron chi connectivity index (χ1n) is 6.14. The smallest absolute Gasteiger partial charge is 0.238 e. The summed E-state index contributed by atoms with van der Waals surface area (Å²) in [6.45, 7) is 4.28. The lowest BCUT2D eigenvalue weighted by Crippen LogP contribution is -2.48. The summed E-state index contributed by atoms with van der Waals surface area (Å²) >= 11 is 0. The lowest BCUT2D eigenvalue weighted by molar-refractivity contribution is -0.120. The van der Waals surface area contributed by atoms with Gasteiger partial charge in [0.25, 0.3) is 0 Å². The Morgan fingerprint density at radius 2 is 2.16 bits per heavy atom. The first-order chi connectivity index (χ1) is 9.06. The molecule has 6 nitrogen and oxygen atoms in total. The third-order valence-electron chi connectivity index (χ3n) is 2.64. The first-order valence-corrected chi connectivity index (χ1v) is 6.14. The third-order valence-corrected chi connectivity index (χ3v) is 2.64. The first kappa shape index (κ1) is 13.5. The maximum absolute atomic E-state index is 11.3. The highest BCUT2D eigenvalue weighted by atomic mass is 16.7. The minimum Gasteiger partial charge on any atom is -0.491 e. The molecule has 3 N–H and O–H groups in total. The van der Waals surface area contributed by atoms with Crippen LogP contribution in [0.25, 0.3) is 0 Å². The van der Waals surface area contributed by atoms with E-state index in [9.17, 15) is 4.79 Å². The largest absolute Gasteiger partial charge is 0.491 e. The van der Waals surface area contributed by atoms with Gasteiger partial charge in [0.05, 0.1) is 0 Å². The molecule has 0 aromatic heterocycles. The number of hydrogen-bond acceptors (Lipinski definition) is 5. The van der Waals surface area contributed by atoms with Crippen LogP contribution in [0.1, 0.15) is 13.8 Å². The van der Waals surface area contributed by atoms with Crippen LogP contribution >= 0.6 is 0 Å². The Hall–Kier alpha value is -1.95. The summed E-state index contributed by atoms with van der Waals surface area (Å²) in [5.74, 6) is 1.51. The summed E-state index contributed by atoms with van der Waals surface area (Å²) in [4.78, 5) is 11.3. The molecule has 1 atom stereocenters. The number of ether oxygens (including phenoxy) is 3. The second-order valence-corrected chi connectivity index (χ2v) is 4.60. The van der Waals surface area contributed by atoms with Gasteiger partial charge < -0.3 is 25.3 Å². The van der Waals surface area contributed by atoms with E-state index in [0.29, 0.717) is 17.2 Å². The van der Waals surface area contributed by atoms with E-state index in [4.69, 9.17) is 19.9 Å². The number of rotatable bonds is 6. The molecule has 104 valence electrons. The van der Waals surface area contributed by atoms with Gasteiger partial charge in [-0.2, -0.15) is 0 Å². The number of amides is 1. The number of hydrogen-bond donors (Lipinski definition) is 2. The van der Waals surface area contributed by atoms with Crippen LogP contribution in [0, 0.1) is 0 Å². The minimum atomic E-state index is -0.523. The lowest BCUT2D eigenvalue weighted by atomic mass is 10.2. The van der Waals surface area contributed by atoms with Crippen molar-refractivity contribution >= 4 is 5.91 Å². The van der Waals surface area contributed by atoms with Crippen LogP contribution in [0.15, 0.2) is 18.2 Å². The van der Waals surface area contributed by atoms with Crippen molar-refractivity contribution in [3.8, 4) is 17.2 Å². The number of carbonyl (C=O) groups excluding carboxylic acids is 1. The molecule has 2 rings (SSSR count). The van der Waals surface area contributed by atoms with Crippen molar-refractivity contribution in [2.24, 2.45) is 5.73 Å². The molecule has 1 amide bonds. The molecule has 0 radical (unpaired) electrons. The normalized spacial score (nSPS) is 14.5. The zero-order valence-electron chi connectivity index (χ0n) is 11.0. The Kier molecular flexibility index (Phi) is 4.11. The van der Waals surface area contributed by atoms with Gasteiger partial charge in [0.15, 0.2) is 11.5 Å². The van der Waals surface area contributed by atoms with E-state index >= 15 is 0 Å². The molecular formula is C13H18N2O4. The summed E-state index contributed by atoms with van der Waals surface area (Å²) in [5, 5.41) is 3.05. The van der Waals surface area contributed by atoms with Crippen LogP contribution in [0.5, 0.6) is 17.2 Å². The van der Waals surface area contributed by atoms with Gasteiger partial charge in [0.2, 0.25) is 12.7 Å². The second kappa shape index (κ2) is 5.79. The average molecular weight is 266 g/mol. The van der Waals surface area contributed by atoms with E-state index in [1.54, 1.807) is 18.2 Å². The molecule has 0 aliphatic carbocycles. The van der Waals surface area contributed by atoms with E-state index in [0.717, 1.165) is 0 Å². The lowest BCUT2D eigenvalue weighted by Gasteiger charge is -2.18. The predicted octanol–water partition coefficient (Wildman–Crippen LogP) is 0.646.